The van der Waals surface area contributed by atoms with Crippen LogP contribution in [-0.4, -0.2) is 35.2 Å². The van der Waals surface area contributed by atoms with Crippen LogP contribution in [0.2, 0.25) is 0 Å². The van der Waals surface area contributed by atoms with E-state index in [0.29, 0.717) is 24.6 Å². The van der Waals surface area contributed by atoms with Crippen molar-refractivity contribution in [1.29, 1.82) is 0 Å². The Morgan fingerprint density at radius 2 is 1.83 bits per heavy atom. The van der Waals surface area contributed by atoms with Gasteiger partial charge in [0.25, 0.3) is 5.91 Å². The zero-order valence-electron chi connectivity index (χ0n) is 13.8. The summed E-state index contributed by atoms with van der Waals surface area (Å²) in [4.78, 5) is 36.7. The van der Waals surface area contributed by atoms with E-state index in [1.807, 2.05) is 13.8 Å². The molecule has 23 heavy (non-hydrogen) atoms. The summed E-state index contributed by atoms with van der Waals surface area (Å²) in [5.41, 5.74) is 1.46. The second-order valence-electron chi connectivity index (χ2n) is 6.10. The van der Waals surface area contributed by atoms with Crippen molar-refractivity contribution in [2.75, 3.05) is 17.2 Å². The third-order valence-corrected chi connectivity index (χ3v) is 3.66. The quantitative estimate of drug-likeness (QED) is 0.789. The lowest BCUT2D eigenvalue weighted by Gasteiger charge is -2.14. The van der Waals surface area contributed by atoms with Crippen molar-refractivity contribution in [2.24, 2.45) is 5.92 Å². The minimum absolute atomic E-state index is 0.0177. The van der Waals surface area contributed by atoms with Crippen LogP contribution in [0.15, 0.2) is 24.3 Å². The largest absolute Gasteiger partial charge is 0.373 e. The topological polar surface area (TPSA) is 78.5 Å². The van der Waals surface area contributed by atoms with E-state index < -0.39 is 6.04 Å². The fraction of sp³-hybridized carbons (Fsp3) is 0.471. The Balaban J connectivity index is 1.94. The molecular formula is C17H23N3O3. The predicted molar refractivity (Wildman–Crippen MR) is 88.9 cm³/mol. The lowest BCUT2D eigenvalue weighted by molar-refractivity contribution is -0.138. The Labute approximate surface area is 136 Å². The summed E-state index contributed by atoms with van der Waals surface area (Å²) < 4.78 is 0. The molecule has 1 aromatic rings. The fourth-order valence-corrected chi connectivity index (χ4v) is 2.56. The zero-order chi connectivity index (χ0) is 17.0. The van der Waals surface area contributed by atoms with Gasteiger partial charge in [0.15, 0.2) is 0 Å². The Morgan fingerprint density at radius 3 is 2.35 bits per heavy atom. The molecule has 6 heteroatoms. The van der Waals surface area contributed by atoms with Crippen molar-refractivity contribution in [1.82, 2.24) is 4.90 Å². The monoisotopic (exact) mass is 317 g/mol. The highest BCUT2D eigenvalue weighted by molar-refractivity contribution is 6.06. The van der Waals surface area contributed by atoms with Gasteiger partial charge in [-0.15, -0.1) is 0 Å². The van der Waals surface area contributed by atoms with Gasteiger partial charge in [-0.2, -0.15) is 0 Å². The first kappa shape index (κ1) is 17.0. The summed E-state index contributed by atoms with van der Waals surface area (Å²) in [5, 5.41) is 5.90. The molecule has 1 aromatic carbocycles. The van der Waals surface area contributed by atoms with E-state index in [-0.39, 0.29) is 24.1 Å². The number of benzene rings is 1. The first-order valence-electron chi connectivity index (χ1n) is 7.91. The Kier molecular flexibility index (Phi) is 5.36. The van der Waals surface area contributed by atoms with Crippen molar-refractivity contribution in [3.8, 4) is 0 Å². The van der Waals surface area contributed by atoms with Gasteiger partial charge in [-0.1, -0.05) is 13.8 Å². The molecule has 3 amide bonds. The first-order valence-corrected chi connectivity index (χ1v) is 7.91. The van der Waals surface area contributed by atoms with Gasteiger partial charge >= 0.3 is 0 Å². The molecule has 2 rings (SSSR count). The number of nitrogens with zero attached hydrogens (tertiary/aromatic N) is 1. The van der Waals surface area contributed by atoms with Crippen LogP contribution in [0.25, 0.3) is 0 Å². The average molecular weight is 317 g/mol. The minimum atomic E-state index is -0.510. The molecule has 1 heterocycles. The first-order chi connectivity index (χ1) is 10.9. The van der Waals surface area contributed by atoms with E-state index in [9.17, 15) is 14.4 Å². The van der Waals surface area contributed by atoms with Crippen molar-refractivity contribution >= 4 is 29.1 Å². The molecule has 0 radical (unpaired) electrons. The van der Waals surface area contributed by atoms with Crippen LogP contribution in [0.4, 0.5) is 11.4 Å². The van der Waals surface area contributed by atoms with Crippen molar-refractivity contribution in [3.63, 3.8) is 0 Å². The molecule has 0 saturated carbocycles. The number of likely N-dealkylation sites (N-methyl/N-ethyl adjacent to an activating group) is 1. The standard InChI is InChI=1S/C17H23N3O3/c1-4-20-16(22)10-14(17(20)23)18-12-5-7-13(8-6-12)19-15(21)9-11(2)3/h5-8,11,14,18H,4,9-10H2,1-3H3,(H,19,21)/t14-/m0/s1. The van der Waals surface area contributed by atoms with Crippen LogP contribution in [0.5, 0.6) is 0 Å². The summed E-state index contributed by atoms with van der Waals surface area (Å²) in [6.45, 7) is 6.17. The third-order valence-electron chi connectivity index (χ3n) is 3.66. The fourth-order valence-electron chi connectivity index (χ4n) is 2.56. The number of nitrogens with one attached hydrogen (secondary N) is 2. The number of hydrogen-bond acceptors (Lipinski definition) is 4. The van der Waals surface area contributed by atoms with Gasteiger partial charge in [-0.05, 0) is 37.1 Å². The van der Waals surface area contributed by atoms with Crippen LogP contribution in [0.1, 0.15) is 33.6 Å². The number of anilines is 2. The van der Waals surface area contributed by atoms with E-state index >= 15 is 0 Å². The second-order valence-corrected chi connectivity index (χ2v) is 6.10. The summed E-state index contributed by atoms with van der Waals surface area (Å²) in [7, 11) is 0. The molecule has 2 N–H and O–H groups in total. The van der Waals surface area contributed by atoms with Gasteiger partial charge in [0.05, 0.1) is 6.42 Å². The molecular weight excluding hydrogens is 294 g/mol. The highest BCUT2D eigenvalue weighted by Crippen LogP contribution is 2.20. The van der Waals surface area contributed by atoms with Crippen LogP contribution in [-0.2, 0) is 14.4 Å². The van der Waals surface area contributed by atoms with Gasteiger partial charge in [0.1, 0.15) is 6.04 Å². The SMILES string of the molecule is CCN1C(=O)C[C@H](Nc2ccc(NC(=O)CC(C)C)cc2)C1=O. The predicted octanol–water partition coefficient (Wildman–Crippen LogP) is 2.23. The number of rotatable bonds is 6. The van der Waals surface area contributed by atoms with Gasteiger partial charge < -0.3 is 10.6 Å². The molecule has 1 saturated heterocycles. The van der Waals surface area contributed by atoms with Gasteiger partial charge in [-0.3, -0.25) is 19.3 Å². The van der Waals surface area contributed by atoms with Crippen LogP contribution < -0.4 is 10.6 Å². The highest BCUT2D eigenvalue weighted by atomic mass is 16.2. The van der Waals surface area contributed by atoms with Gasteiger partial charge in [-0.25, -0.2) is 0 Å². The third kappa shape index (κ3) is 4.31. The molecule has 124 valence electrons. The number of hydrogen-bond donors (Lipinski definition) is 2. The van der Waals surface area contributed by atoms with E-state index in [4.69, 9.17) is 0 Å². The van der Waals surface area contributed by atoms with Gasteiger partial charge in [0.2, 0.25) is 11.8 Å². The van der Waals surface area contributed by atoms with Crippen LogP contribution in [0.3, 0.4) is 0 Å². The minimum Gasteiger partial charge on any atom is -0.373 e. The molecule has 1 atom stereocenters. The normalized spacial score (nSPS) is 17.7. The molecule has 0 spiro atoms. The number of carbonyl (C=O) groups excluding carboxylic acids is 3. The summed E-state index contributed by atoms with van der Waals surface area (Å²) >= 11 is 0. The van der Waals surface area contributed by atoms with E-state index in [1.54, 1.807) is 31.2 Å². The molecule has 0 aliphatic carbocycles. The van der Waals surface area contributed by atoms with Crippen LogP contribution in [0, 0.1) is 5.92 Å². The number of amides is 3. The van der Waals surface area contributed by atoms with Crippen molar-refractivity contribution < 1.29 is 14.4 Å². The summed E-state index contributed by atoms with van der Waals surface area (Å²) in [5.74, 6) is -0.0430. The maximum Gasteiger partial charge on any atom is 0.252 e. The van der Waals surface area contributed by atoms with E-state index in [1.165, 1.54) is 4.90 Å². The maximum absolute atomic E-state index is 12.1. The Hall–Kier alpha value is -2.37. The molecule has 0 bridgehead atoms. The number of carbonyl (C=O) groups is 3. The summed E-state index contributed by atoms with van der Waals surface area (Å²) in [6, 6.07) is 6.62. The molecule has 1 aliphatic rings. The van der Waals surface area contributed by atoms with Gasteiger partial charge in [0, 0.05) is 24.3 Å². The molecule has 1 aliphatic heterocycles. The smallest absolute Gasteiger partial charge is 0.252 e. The molecule has 1 fully saturated rings. The lowest BCUT2D eigenvalue weighted by atomic mass is 10.1. The second kappa shape index (κ2) is 7.26. The number of imide groups is 1. The molecule has 0 unspecified atom stereocenters. The lowest BCUT2D eigenvalue weighted by Crippen LogP contribution is -2.34. The molecule has 0 aromatic heterocycles. The highest BCUT2D eigenvalue weighted by Gasteiger charge is 2.37. The van der Waals surface area contributed by atoms with E-state index in [2.05, 4.69) is 10.6 Å². The number of likely N-dealkylation sites (tertiary alicyclic amines) is 1. The zero-order valence-corrected chi connectivity index (χ0v) is 13.8. The van der Waals surface area contributed by atoms with Crippen molar-refractivity contribution in [3.05, 3.63) is 24.3 Å². The summed E-state index contributed by atoms with van der Waals surface area (Å²) in [6.07, 6.45) is 0.658. The van der Waals surface area contributed by atoms with Crippen molar-refractivity contribution in [2.45, 2.75) is 39.7 Å². The average Bonchev–Trinajstić information content (AvgIpc) is 2.74. The van der Waals surface area contributed by atoms with E-state index in [0.717, 1.165) is 5.69 Å². The molecule has 6 nitrogen and oxygen atoms in total. The Bertz CT molecular complexity index is 596. The van der Waals surface area contributed by atoms with Crippen LogP contribution >= 0.6 is 0 Å². The Morgan fingerprint density at radius 1 is 1.22 bits per heavy atom. The maximum atomic E-state index is 12.1.